The van der Waals surface area contributed by atoms with Crippen LogP contribution >= 0.6 is 15.9 Å². The monoisotopic (exact) mass is 286 g/mol. The maximum Gasteiger partial charge on any atom is 0.269 e. The van der Waals surface area contributed by atoms with Crippen molar-refractivity contribution in [2.45, 2.75) is 4.90 Å². The van der Waals surface area contributed by atoms with Gasteiger partial charge in [-0.1, -0.05) is 18.2 Å². The van der Waals surface area contributed by atoms with Gasteiger partial charge in [-0.25, -0.2) is 17.4 Å². The number of aromatic nitrogens is 2. The Hall–Kier alpha value is -1.14. The van der Waals surface area contributed by atoms with E-state index in [1.54, 1.807) is 30.3 Å². The Bertz CT molecular complexity index is 563. The molecule has 1 heterocycles. The molecule has 0 fully saturated rings. The van der Waals surface area contributed by atoms with Crippen LogP contribution in [-0.4, -0.2) is 17.4 Å². The van der Waals surface area contributed by atoms with Crippen LogP contribution < -0.4 is 0 Å². The molecule has 0 atom stereocenters. The van der Waals surface area contributed by atoms with Crippen molar-refractivity contribution in [3.8, 4) is 0 Å². The van der Waals surface area contributed by atoms with E-state index >= 15 is 0 Å². The average Bonchev–Trinajstić information content (AvgIpc) is 2.66. The second-order valence-electron chi connectivity index (χ2n) is 2.81. The number of benzene rings is 1. The zero-order valence-corrected chi connectivity index (χ0v) is 9.94. The highest BCUT2D eigenvalue weighted by Crippen LogP contribution is 2.17. The summed E-state index contributed by atoms with van der Waals surface area (Å²) >= 11 is 3.07. The summed E-state index contributed by atoms with van der Waals surface area (Å²) in [6.07, 6.45) is 2.82. The first-order valence-corrected chi connectivity index (χ1v) is 6.35. The first-order valence-electron chi connectivity index (χ1n) is 4.12. The van der Waals surface area contributed by atoms with Gasteiger partial charge in [0.25, 0.3) is 10.0 Å². The predicted octanol–water partition coefficient (Wildman–Crippen LogP) is 1.88. The summed E-state index contributed by atoms with van der Waals surface area (Å²) in [4.78, 5) is 4.05. The first-order chi connectivity index (χ1) is 7.12. The fraction of sp³-hybridized carbons (Fsp3) is 0. The van der Waals surface area contributed by atoms with E-state index in [0.29, 0.717) is 0 Å². The van der Waals surface area contributed by atoms with Gasteiger partial charge < -0.3 is 0 Å². The Balaban J connectivity index is 2.60. The van der Waals surface area contributed by atoms with Crippen molar-refractivity contribution in [1.29, 1.82) is 0 Å². The van der Waals surface area contributed by atoms with E-state index < -0.39 is 10.0 Å². The van der Waals surface area contributed by atoms with Crippen LogP contribution in [0.15, 0.2) is 52.4 Å². The largest absolute Gasteiger partial charge is 0.269 e. The first kappa shape index (κ1) is 10.4. The second-order valence-corrected chi connectivity index (χ2v) is 5.33. The van der Waals surface area contributed by atoms with Crippen molar-refractivity contribution in [3.63, 3.8) is 0 Å². The molecule has 2 aromatic rings. The molecule has 15 heavy (non-hydrogen) atoms. The molecule has 0 aliphatic heterocycles. The van der Waals surface area contributed by atoms with E-state index in [1.165, 1.54) is 12.4 Å². The van der Waals surface area contributed by atoms with Crippen molar-refractivity contribution in [1.82, 2.24) is 8.96 Å². The van der Waals surface area contributed by atoms with E-state index in [1.807, 2.05) is 0 Å². The highest BCUT2D eigenvalue weighted by molar-refractivity contribution is 9.10. The lowest BCUT2D eigenvalue weighted by atomic mass is 10.4. The van der Waals surface area contributed by atoms with Crippen LogP contribution in [0.4, 0.5) is 0 Å². The SMILES string of the molecule is O=S(=O)(c1ccccc1)n1ccnc1Br. The fourth-order valence-corrected chi connectivity index (χ4v) is 3.16. The predicted molar refractivity (Wildman–Crippen MR) is 59.0 cm³/mol. The molecular formula is C9H7BrN2O2S. The number of halogens is 1. The molecule has 4 nitrogen and oxygen atoms in total. The molecule has 0 N–H and O–H groups in total. The number of hydrogen-bond acceptors (Lipinski definition) is 3. The molecule has 0 unspecified atom stereocenters. The van der Waals surface area contributed by atoms with Gasteiger partial charge in [-0.05, 0) is 28.1 Å². The molecule has 0 saturated carbocycles. The topological polar surface area (TPSA) is 52.0 Å². The van der Waals surface area contributed by atoms with Crippen molar-refractivity contribution in [2.75, 3.05) is 0 Å². The van der Waals surface area contributed by atoms with Crippen LogP contribution in [-0.2, 0) is 10.0 Å². The third-order valence-corrected chi connectivity index (χ3v) is 4.37. The molecular weight excluding hydrogens is 280 g/mol. The number of nitrogens with zero attached hydrogens (tertiary/aromatic N) is 2. The van der Waals surface area contributed by atoms with Crippen LogP contribution in [0.1, 0.15) is 0 Å². The van der Waals surface area contributed by atoms with E-state index in [9.17, 15) is 8.42 Å². The normalized spacial score (nSPS) is 11.5. The van der Waals surface area contributed by atoms with Gasteiger partial charge in [0.2, 0.25) is 0 Å². The van der Waals surface area contributed by atoms with Crippen LogP contribution in [0.2, 0.25) is 0 Å². The third-order valence-electron chi connectivity index (χ3n) is 1.86. The summed E-state index contributed by atoms with van der Waals surface area (Å²) < 4.78 is 25.4. The lowest BCUT2D eigenvalue weighted by Gasteiger charge is -2.05. The van der Waals surface area contributed by atoms with Crippen molar-refractivity contribution in [2.24, 2.45) is 0 Å². The third kappa shape index (κ3) is 1.82. The standard InChI is InChI=1S/C9H7BrN2O2S/c10-9-11-6-7-12(9)15(13,14)8-4-2-1-3-5-8/h1-7H. The molecule has 0 bridgehead atoms. The van der Waals surface area contributed by atoms with Crippen molar-refractivity contribution < 1.29 is 8.42 Å². The minimum absolute atomic E-state index is 0.240. The quantitative estimate of drug-likeness (QED) is 0.847. The molecule has 0 spiro atoms. The van der Waals surface area contributed by atoms with Gasteiger partial charge in [-0.3, -0.25) is 0 Å². The lowest BCUT2D eigenvalue weighted by molar-refractivity contribution is 0.586. The molecule has 0 aliphatic rings. The minimum atomic E-state index is -3.52. The van der Waals surface area contributed by atoms with E-state index in [4.69, 9.17) is 0 Å². The number of hydrogen-bond donors (Lipinski definition) is 0. The maximum atomic E-state index is 12.0. The van der Waals surface area contributed by atoms with E-state index in [-0.39, 0.29) is 9.63 Å². The molecule has 0 saturated heterocycles. The Morgan fingerprint density at radius 2 is 1.87 bits per heavy atom. The van der Waals surface area contributed by atoms with Crippen LogP contribution in [0.25, 0.3) is 0 Å². The molecule has 6 heteroatoms. The smallest absolute Gasteiger partial charge is 0.230 e. The van der Waals surface area contributed by atoms with Crippen molar-refractivity contribution >= 4 is 26.0 Å². The van der Waals surface area contributed by atoms with Gasteiger partial charge in [0.1, 0.15) is 0 Å². The summed E-state index contributed by atoms with van der Waals surface area (Å²) in [5, 5.41) is 0. The van der Waals surface area contributed by atoms with Gasteiger partial charge in [0.15, 0.2) is 4.73 Å². The van der Waals surface area contributed by atoms with E-state index in [2.05, 4.69) is 20.9 Å². The summed E-state index contributed by atoms with van der Waals surface area (Å²) in [5.74, 6) is 0. The fourth-order valence-electron chi connectivity index (χ4n) is 1.16. The van der Waals surface area contributed by atoms with Gasteiger partial charge in [-0.2, -0.15) is 0 Å². The Labute approximate surface area is 95.8 Å². The summed E-state index contributed by atoms with van der Waals surface area (Å²) in [7, 11) is -3.52. The van der Waals surface area contributed by atoms with Gasteiger partial charge in [0, 0.05) is 12.4 Å². The highest BCUT2D eigenvalue weighted by atomic mass is 79.9. The molecule has 78 valence electrons. The number of imidazole rings is 1. The zero-order valence-electron chi connectivity index (χ0n) is 7.54. The second kappa shape index (κ2) is 3.79. The summed E-state index contributed by atoms with van der Waals surface area (Å²) in [6, 6.07) is 8.21. The average molecular weight is 287 g/mol. The van der Waals surface area contributed by atoms with Crippen molar-refractivity contribution in [3.05, 3.63) is 47.5 Å². The zero-order chi connectivity index (χ0) is 10.9. The molecule has 1 aromatic heterocycles. The molecule has 0 aliphatic carbocycles. The molecule has 1 aromatic carbocycles. The number of rotatable bonds is 2. The van der Waals surface area contributed by atoms with Crippen LogP contribution in [0, 0.1) is 0 Å². The highest BCUT2D eigenvalue weighted by Gasteiger charge is 2.18. The molecule has 2 rings (SSSR count). The van der Waals surface area contributed by atoms with E-state index in [0.717, 1.165) is 3.97 Å². The van der Waals surface area contributed by atoms with Gasteiger partial charge in [0.05, 0.1) is 4.90 Å². The molecule has 0 amide bonds. The Morgan fingerprint density at radius 1 is 1.20 bits per heavy atom. The summed E-state index contributed by atoms with van der Waals surface area (Å²) in [5.41, 5.74) is 0. The Morgan fingerprint density at radius 3 is 2.40 bits per heavy atom. The minimum Gasteiger partial charge on any atom is -0.230 e. The maximum absolute atomic E-state index is 12.0. The van der Waals surface area contributed by atoms with Crippen LogP contribution in [0.3, 0.4) is 0 Å². The van der Waals surface area contributed by atoms with Gasteiger partial charge in [-0.15, -0.1) is 0 Å². The van der Waals surface area contributed by atoms with Gasteiger partial charge >= 0.3 is 0 Å². The molecule has 0 radical (unpaired) electrons. The lowest BCUT2D eigenvalue weighted by Crippen LogP contribution is -2.12. The Kier molecular flexibility index (Phi) is 2.62. The summed E-state index contributed by atoms with van der Waals surface area (Å²) in [6.45, 7) is 0. The van der Waals surface area contributed by atoms with Crippen LogP contribution in [0.5, 0.6) is 0 Å².